The van der Waals surface area contributed by atoms with E-state index in [4.69, 9.17) is 86.8 Å². The highest BCUT2D eigenvalue weighted by Gasteiger charge is 2.30. The van der Waals surface area contributed by atoms with Crippen molar-refractivity contribution in [3.63, 3.8) is 0 Å². The molecule has 0 saturated carbocycles. The van der Waals surface area contributed by atoms with Crippen LogP contribution in [0.5, 0.6) is 0 Å². The summed E-state index contributed by atoms with van der Waals surface area (Å²) in [6.07, 6.45) is -18.0. The topological polar surface area (TPSA) is 361 Å². The van der Waals surface area contributed by atoms with Gasteiger partial charge in [0.1, 0.15) is 73.8 Å². The van der Waals surface area contributed by atoms with Crippen molar-refractivity contribution in [2.75, 3.05) is 39.6 Å². The molecule has 0 aliphatic carbocycles. The monoisotopic (exact) mass is 544 g/mol. The largest absolute Gasteiger partial charge is 0.394 e. The van der Waals surface area contributed by atoms with Crippen molar-refractivity contribution in [3.05, 3.63) is 0 Å². The fourth-order valence-corrected chi connectivity index (χ4v) is 1.94. The molecule has 0 aliphatic rings. The maximum Gasteiger partial charge on any atom is 0.189 e. The first-order chi connectivity index (χ1) is 16.6. The van der Waals surface area contributed by atoms with Crippen LogP contribution in [-0.4, -0.2) is 199 Å². The molecule has 0 aromatic heterocycles. The van der Waals surface area contributed by atoms with E-state index in [9.17, 15) is 4.79 Å². The van der Waals surface area contributed by atoms with E-state index in [1.54, 1.807) is 0 Å². The number of ketones is 1. The molecule has 0 spiro atoms. The highest BCUT2D eigenvalue weighted by Crippen LogP contribution is 2.05. The van der Waals surface area contributed by atoms with Crippen LogP contribution in [0, 0.1) is 0 Å². The Morgan fingerprint density at radius 3 is 0.750 bits per heavy atom. The highest BCUT2D eigenvalue weighted by atomic mass is 16.4. The quantitative estimate of drug-likeness (QED) is 0.0908. The molecule has 18 nitrogen and oxygen atoms in total. The summed E-state index contributed by atoms with van der Waals surface area (Å²) in [5, 5.41) is 147. The first-order valence-corrected chi connectivity index (χ1v) is 10.3. The summed E-state index contributed by atoms with van der Waals surface area (Å²) in [4.78, 5) is 10.5. The van der Waals surface area contributed by atoms with Gasteiger partial charge in [-0.2, -0.15) is 0 Å². The van der Waals surface area contributed by atoms with Gasteiger partial charge in [0.25, 0.3) is 0 Å². The van der Waals surface area contributed by atoms with Crippen LogP contribution < -0.4 is 0 Å². The summed E-state index contributed by atoms with van der Waals surface area (Å²) in [5.41, 5.74) is 0. The van der Waals surface area contributed by atoms with Gasteiger partial charge >= 0.3 is 0 Å². The highest BCUT2D eigenvalue weighted by molar-refractivity contribution is 5.84. The molecule has 18 heteroatoms. The number of hydrogen-bond acceptors (Lipinski definition) is 18. The molecule has 0 heterocycles. The molecule has 0 bridgehead atoms. The Hall–Kier alpha value is -1.01. The molecule has 11 atom stereocenters. The van der Waals surface area contributed by atoms with Gasteiger partial charge in [-0.25, -0.2) is 0 Å². The van der Waals surface area contributed by atoms with Crippen molar-refractivity contribution in [1.82, 2.24) is 0 Å². The Labute approximate surface area is 205 Å². The maximum atomic E-state index is 10.5. The predicted octanol–water partition coefficient (Wildman–Crippen LogP) is -10.5. The minimum atomic E-state index is -1.86. The number of aliphatic hydroxyl groups excluding tert-OH is 17. The van der Waals surface area contributed by atoms with E-state index < -0.39 is 113 Å². The Morgan fingerprint density at radius 1 is 0.389 bits per heavy atom. The Balaban J connectivity index is -0.000000454. The average molecular weight is 545 g/mol. The average Bonchev–Trinajstić information content (AvgIpc) is 2.92. The van der Waals surface area contributed by atoms with Crippen LogP contribution in [-0.2, 0) is 4.79 Å². The third-order valence-corrected chi connectivity index (χ3v) is 4.42. The number of carbonyl (C=O) groups is 1. The lowest BCUT2D eigenvalue weighted by Gasteiger charge is -2.24. The third kappa shape index (κ3) is 15.3. The zero-order valence-electron chi connectivity index (χ0n) is 19.1. The van der Waals surface area contributed by atoms with Crippen molar-refractivity contribution >= 4 is 5.78 Å². The van der Waals surface area contributed by atoms with Gasteiger partial charge in [-0.1, -0.05) is 0 Å². The fraction of sp³-hybridized carbons (Fsp3) is 0.944. The number of hydrogen-bond donors (Lipinski definition) is 17. The van der Waals surface area contributed by atoms with Crippen LogP contribution in [0.25, 0.3) is 0 Å². The van der Waals surface area contributed by atoms with Gasteiger partial charge in [0.05, 0.1) is 33.0 Å². The Kier molecular flexibility index (Phi) is 24.2. The molecular weight excluding hydrogens is 504 g/mol. The van der Waals surface area contributed by atoms with Gasteiger partial charge in [0.2, 0.25) is 0 Å². The molecule has 36 heavy (non-hydrogen) atoms. The first kappa shape index (κ1) is 39.5. The minimum absolute atomic E-state index is 0.726. The fourth-order valence-electron chi connectivity index (χ4n) is 1.94. The van der Waals surface area contributed by atoms with Gasteiger partial charge < -0.3 is 86.8 Å². The van der Waals surface area contributed by atoms with E-state index in [1.165, 1.54) is 0 Å². The van der Waals surface area contributed by atoms with Gasteiger partial charge in [-0.05, 0) is 0 Å². The van der Waals surface area contributed by atoms with E-state index in [1.807, 2.05) is 0 Å². The van der Waals surface area contributed by atoms with Crippen molar-refractivity contribution in [3.8, 4) is 0 Å². The predicted molar refractivity (Wildman–Crippen MR) is 114 cm³/mol. The van der Waals surface area contributed by atoms with E-state index in [0.717, 1.165) is 0 Å². The second-order valence-corrected chi connectivity index (χ2v) is 7.27. The standard InChI is InChI=1S/2C6H14O6.C6H12O6/c3*7-1-3(9)5(11)6(12)4(10)2-8/h2*3-12H,1-2H2;3,5-9,11-12H,1-2H2/t3-,4+,5-,6-;3-,4-,5-,6-;3-,5+,6+/m110/s1. The lowest BCUT2D eigenvalue weighted by atomic mass is 10.0. The first-order valence-electron chi connectivity index (χ1n) is 10.3. The number of carbonyl (C=O) groups excluding carboxylic acids is 1. The number of Topliss-reactive ketones (excluding diaryl/α,β-unsaturated/α-hetero) is 1. The van der Waals surface area contributed by atoms with Crippen molar-refractivity contribution in [2.45, 2.75) is 67.1 Å². The van der Waals surface area contributed by atoms with Crippen LogP contribution in [0.1, 0.15) is 0 Å². The summed E-state index contributed by atoms with van der Waals surface area (Å²) in [5.74, 6) is -1.00. The van der Waals surface area contributed by atoms with Crippen molar-refractivity contribution in [2.24, 2.45) is 0 Å². The third-order valence-electron chi connectivity index (χ3n) is 4.42. The maximum absolute atomic E-state index is 10.5. The van der Waals surface area contributed by atoms with Crippen LogP contribution >= 0.6 is 0 Å². The summed E-state index contributed by atoms with van der Waals surface area (Å²) in [7, 11) is 0. The Morgan fingerprint density at radius 2 is 0.583 bits per heavy atom. The van der Waals surface area contributed by atoms with Gasteiger partial charge in [0.15, 0.2) is 5.78 Å². The minimum Gasteiger partial charge on any atom is -0.394 e. The van der Waals surface area contributed by atoms with E-state index >= 15 is 0 Å². The van der Waals surface area contributed by atoms with Crippen molar-refractivity contribution < 1.29 is 91.6 Å². The van der Waals surface area contributed by atoms with E-state index in [2.05, 4.69) is 0 Å². The SMILES string of the molecule is O=C(CO)[C@@H](O)[C@H](O)[C@@H](O)CO.OC[C@@H](O)[C@@H](O)[C@H](O)[C@@H](O)CO.OC[C@@H](O)[C@@H](O)[C@H](O)[C@H](O)CO. The van der Waals surface area contributed by atoms with Crippen LogP contribution in [0.4, 0.5) is 0 Å². The summed E-state index contributed by atoms with van der Waals surface area (Å²) in [6.45, 7) is -4.59. The molecule has 0 saturated heterocycles. The Bertz CT molecular complexity index is 470. The molecule has 0 amide bonds. The lowest BCUT2D eigenvalue weighted by Crippen LogP contribution is -2.46. The van der Waals surface area contributed by atoms with E-state index in [0.29, 0.717) is 0 Å². The zero-order chi connectivity index (χ0) is 29.2. The molecule has 0 aromatic carbocycles. The molecule has 0 radical (unpaired) electrons. The van der Waals surface area contributed by atoms with Crippen LogP contribution in [0.3, 0.4) is 0 Å². The summed E-state index contributed by atoms with van der Waals surface area (Å²) in [6, 6.07) is 0. The van der Waals surface area contributed by atoms with Gasteiger partial charge in [-0.15, -0.1) is 0 Å². The van der Waals surface area contributed by atoms with E-state index in [-0.39, 0.29) is 0 Å². The van der Waals surface area contributed by atoms with Crippen molar-refractivity contribution in [1.29, 1.82) is 0 Å². The van der Waals surface area contributed by atoms with Gasteiger partial charge in [0, 0.05) is 0 Å². The molecule has 0 rings (SSSR count). The molecular formula is C18H40O18. The smallest absolute Gasteiger partial charge is 0.189 e. The molecule has 0 fully saturated rings. The van der Waals surface area contributed by atoms with Gasteiger partial charge in [-0.3, -0.25) is 4.79 Å². The molecule has 0 unspecified atom stereocenters. The second-order valence-electron chi connectivity index (χ2n) is 7.27. The molecule has 0 aliphatic heterocycles. The molecule has 0 aromatic rings. The van der Waals surface area contributed by atoms with Crippen LogP contribution in [0.2, 0.25) is 0 Å². The molecule has 220 valence electrons. The van der Waals surface area contributed by atoms with Crippen LogP contribution in [0.15, 0.2) is 0 Å². The second kappa shape index (κ2) is 22.0. The summed E-state index contributed by atoms with van der Waals surface area (Å²) >= 11 is 0. The number of rotatable bonds is 15. The lowest BCUT2D eigenvalue weighted by molar-refractivity contribution is -0.142. The number of aliphatic hydroxyl groups is 17. The zero-order valence-corrected chi connectivity index (χ0v) is 19.1. The molecule has 17 N–H and O–H groups in total. The normalized spacial score (nSPS) is 20.5. The summed E-state index contributed by atoms with van der Waals surface area (Å²) < 4.78 is 0.